The Bertz CT molecular complexity index is 796. The van der Waals surface area contributed by atoms with Crippen molar-refractivity contribution >= 4 is 55.0 Å². The Kier molecular flexibility index (Phi) is 2.92. The first-order chi connectivity index (χ1) is 9.69. The summed E-state index contributed by atoms with van der Waals surface area (Å²) in [6, 6.07) is 0. The van der Waals surface area contributed by atoms with Crippen molar-refractivity contribution in [1.82, 2.24) is 19.9 Å². The first kappa shape index (κ1) is 12.5. The van der Waals surface area contributed by atoms with Crippen LogP contribution in [0.5, 0.6) is 0 Å². The fraction of sp³-hybridized carbons (Fsp3) is 0.167. The topological polar surface area (TPSA) is 51.6 Å². The van der Waals surface area contributed by atoms with Crippen LogP contribution in [-0.2, 0) is 0 Å². The number of rotatable bonds is 2. The van der Waals surface area contributed by atoms with Crippen molar-refractivity contribution in [3.8, 4) is 20.0 Å². The maximum Gasteiger partial charge on any atom is 0.156 e. The van der Waals surface area contributed by atoms with Crippen molar-refractivity contribution in [2.24, 2.45) is 0 Å². The van der Waals surface area contributed by atoms with E-state index in [2.05, 4.69) is 19.9 Å². The van der Waals surface area contributed by atoms with Gasteiger partial charge in [0.25, 0.3) is 0 Å². The van der Waals surface area contributed by atoms with Gasteiger partial charge < -0.3 is 0 Å². The van der Waals surface area contributed by atoms with Gasteiger partial charge in [-0.05, 0) is 13.8 Å². The molecule has 0 fully saturated rings. The molecule has 0 unspecified atom stereocenters. The minimum absolute atomic E-state index is 0.957. The molecule has 0 aliphatic rings. The summed E-state index contributed by atoms with van der Waals surface area (Å²) in [7, 11) is 0. The van der Waals surface area contributed by atoms with Gasteiger partial charge in [0.15, 0.2) is 29.7 Å². The zero-order valence-electron chi connectivity index (χ0n) is 10.6. The molecule has 4 rings (SSSR count). The number of aromatic nitrogens is 4. The molecule has 0 radical (unpaired) electrons. The number of aryl methyl sites for hydroxylation is 2. The van der Waals surface area contributed by atoms with Gasteiger partial charge in [-0.25, -0.2) is 19.9 Å². The van der Waals surface area contributed by atoms with E-state index in [-0.39, 0.29) is 0 Å². The van der Waals surface area contributed by atoms with Crippen molar-refractivity contribution in [3.63, 3.8) is 0 Å². The third kappa shape index (κ3) is 2.08. The van der Waals surface area contributed by atoms with E-state index in [1.165, 1.54) is 0 Å². The fourth-order valence-corrected chi connectivity index (χ4v) is 5.44. The Labute approximate surface area is 130 Å². The summed E-state index contributed by atoms with van der Waals surface area (Å²) in [5.41, 5.74) is 2.07. The van der Waals surface area contributed by atoms with Crippen LogP contribution >= 0.6 is 45.3 Å². The van der Waals surface area contributed by atoms with E-state index in [0.717, 1.165) is 41.1 Å². The van der Waals surface area contributed by atoms with Crippen molar-refractivity contribution in [2.45, 2.75) is 13.8 Å². The SMILES string of the molecule is Cc1csc(-c2nc3sc(-c4nc(C)cs4)nc3s2)n1. The van der Waals surface area contributed by atoms with Crippen molar-refractivity contribution in [3.05, 3.63) is 22.1 Å². The standard InChI is InChI=1S/C12H8N4S4/c1-5-3-17-7(13-5)9-15-11-12(19-9)16-10(20-11)8-14-6(2)4-18-8/h3-4H,1-2H3. The lowest BCUT2D eigenvalue weighted by molar-refractivity contribution is 1.26. The van der Waals surface area contributed by atoms with Gasteiger partial charge in [0, 0.05) is 22.1 Å². The lowest BCUT2D eigenvalue weighted by Crippen LogP contribution is -1.75. The van der Waals surface area contributed by atoms with Crippen LogP contribution in [0, 0.1) is 13.8 Å². The van der Waals surface area contributed by atoms with Gasteiger partial charge in [-0.15, -0.1) is 22.7 Å². The summed E-state index contributed by atoms with van der Waals surface area (Å²) in [5, 5.41) is 7.95. The number of hydrogen-bond acceptors (Lipinski definition) is 8. The molecular formula is C12H8N4S4. The van der Waals surface area contributed by atoms with E-state index in [9.17, 15) is 0 Å². The van der Waals surface area contributed by atoms with Gasteiger partial charge in [-0.1, -0.05) is 22.7 Å². The molecule has 8 heteroatoms. The summed E-state index contributed by atoms with van der Waals surface area (Å²) in [4.78, 5) is 20.2. The van der Waals surface area contributed by atoms with Crippen LogP contribution in [0.3, 0.4) is 0 Å². The van der Waals surface area contributed by atoms with Crippen LogP contribution in [0.2, 0.25) is 0 Å². The van der Waals surface area contributed by atoms with E-state index in [1.807, 2.05) is 24.6 Å². The monoisotopic (exact) mass is 336 g/mol. The van der Waals surface area contributed by atoms with Crippen LogP contribution in [-0.4, -0.2) is 19.9 Å². The normalized spacial score (nSPS) is 11.5. The van der Waals surface area contributed by atoms with E-state index >= 15 is 0 Å². The summed E-state index contributed by atoms with van der Waals surface area (Å²) in [5.74, 6) is 0. The molecule has 4 heterocycles. The first-order valence-electron chi connectivity index (χ1n) is 5.81. The molecule has 4 aromatic heterocycles. The van der Waals surface area contributed by atoms with Crippen LogP contribution in [0.1, 0.15) is 11.4 Å². The predicted octanol–water partition coefficient (Wildman–Crippen LogP) is 4.62. The summed E-state index contributed by atoms with van der Waals surface area (Å²) >= 11 is 6.46. The second-order valence-electron chi connectivity index (χ2n) is 4.24. The fourth-order valence-electron chi connectivity index (χ4n) is 1.73. The Morgan fingerprint density at radius 2 is 1.10 bits per heavy atom. The highest BCUT2D eigenvalue weighted by Gasteiger charge is 2.16. The average molecular weight is 336 g/mol. The lowest BCUT2D eigenvalue weighted by Gasteiger charge is -1.87. The molecule has 0 saturated heterocycles. The van der Waals surface area contributed by atoms with Crippen LogP contribution in [0.25, 0.3) is 29.7 Å². The smallest absolute Gasteiger partial charge is 0.156 e. The highest BCUT2D eigenvalue weighted by Crippen LogP contribution is 2.37. The second-order valence-corrected chi connectivity index (χ2v) is 7.91. The minimum atomic E-state index is 0.957. The number of nitrogens with zero attached hydrogens (tertiary/aromatic N) is 4. The molecule has 0 aromatic carbocycles. The Balaban J connectivity index is 1.77. The average Bonchev–Trinajstić information content (AvgIpc) is 3.09. The van der Waals surface area contributed by atoms with Gasteiger partial charge in [-0.2, -0.15) is 0 Å². The largest absolute Gasteiger partial charge is 0.239 e. The van der Waals surface area contributed by atoms with Gasteiger partial charge in [0.1, 0.15) is 0 Å². The summed E-state index contributed by atoms with van der Waals surface area (Å²) in [6.45, 7) is 3.99. The zero-order valence-corrected chi connectivity index (χ0v) is 13.8. The lowest BCUT2D eigenvalue weighted by atomic mass is 10.6. The zero-order chi connectivity index (χ0) is 13.7. The van der Waals surface area contributed by atoms with Gasteiger partial charge in [0.2, 0.25) is 0 Å². The third-order valence-electron chi connectivity index (χ3n) is 2.58. The maximum absolute atomic E-state index is 4.65. The highest BCUT2D eigenvalue weighted by molar-refractivity contribution is 7.31. The predicted molar refractivity (Wildman–Crippen MR) is 87.0 cm³/mol. The molecule has 0 spiro atoms. The van der Waals surface area contributed by atoms with Crippen molar-refractivity contribution in [2.75, 3.05) is 0 Å². The van der Waals surface area contributed by atoms with E-state index in [0.29, 0.717) is 0 Å². The summed E-state index contributed by atoms with van der Waals surface area (Å²) < 4.78 is 0. The second kappa shape index (κ2) is 4.66. The molecule has 0 bridgehead atoms. The third-order valence-corrected chi connectivity index (χ3v) is 6.81. The maximum atomic E-state index is 4.65. The van der Waals surface area contributed by atoms with E-state index in [1.54, 1.807) is 45.3 Å². The molecule has 4 aromatic rings. The van der Waals surface area contributed by atoms with Crippen LogP contribution in [0.15, 0.2) is 10.8 Å². The molecular weight excluding hydrogens is 328 g/mol. The van der Waals surface area contributed by atoms with Crippen molar-refractivity contribution in [1.29, 1.82) is 0 Å². The Morgan fingerprint density at radius 1 is 0.650 bits per heavy atom. The molecule has 0 N–H and O–H groups in total. The Morgan fingerprint density at radius 3 is 1.45 bits per heavy atom. The van der Waals surface area contributed by atoms with Gasteiger partial charge >= 0.3 is 0 Å². The van der Waals surface area contributed by atoms with Crippen molar-refractivity contribution < 1.29 is 0 Å². The van der Waals surface area contributed by atoms with E-state index < -0.39 is 0 Å². The minimum Gasteiger partial charge on any atom is -0.239 e. The summed E-state index contributed by atoms with van der Waals surface area (Å²) in [6.07, 6.45) is 0. The molecule has 0 saturated carbocycles. The number of hydrogen-bond donors (Lipinski definition) is 0. The molecule has 4 nitrogen and oxygen atoms in total. The van der Waals surface area contributed by atoms with Crippen LogP contribution < -0.4 is 0 Å². The molecule has 20 heavy (non-hydrogen) atoms. The molecule has 0 aliphatic heterocycles. The first-order valence-corrected chi connectivity index (χ1v) is 9.20. The Hall–Kier alpha value is -1.22. The number of fused-ring (bicyclic) bond motifs is 1. The number of thiazole rings is 4. The quantitative estimate of drug-likeness (QED) is 0.536. The van der Waals surface area contributed by atoms with Crippen LogP contribution in [0.4, 0.5) is 0 Å². The molecule has 0 aliphatic carbocycles. The van der Waals surface area contributed by atoms with Gasteiger partial charge in [-0.3, -0.25) is 0 Å². The molecule has 0 amide bonds. The van der Waals surface area contributed by atoms with Gasteiger partial charge in [0.05, 0.1) is 0 Å². The highest BCUT2D eigenvalue weighted by atomic mass is 32.1. The molecule has 100 valence electrons. The van der Waals surface area contributed by atoms with E-state index in [4.69, 9.17) is 0 Å². The molecule has 0 atom stereocenters.